The molecule has 2 saturated heterocycles. The van der Waals surface area contributed by atoms with E-state index in [0.29, 0.717) is 54.2 Å². The molecule has 2 aromatic heterocycles. The van der Waals surface area contributed by atoms with Crippen LogP contribution in [0.3, 0.4) is 0 Å². The van der Waals surface area contributed by atoms with E-state index >= 15 is 0 Å². The first-order chi connectivity index (χ1) is 19.2. The van der Waals surface area contributed by atoms with Gasteiger partial charge in [-0.15, -0.1) is 0 Å². The monoisotopic (exact) mass is 552 g/mol. The zero-order valence-corrected chi connectivity index (χ0v) is 23.0. The number of likely N-dealkylation sites (tertiary alicyclic amines) is 1. The van der Waals surface area contributed by atoms with E-state index in [4.69, 9.17) is 14.7 Å². The third-order valence-corrected chi connectivity index (χ3v) is 7.91. The number of fused-ring (bicyclic) bond motifs is 1. The van der Waals surface area contributed by atoms with Crippen molar-refractivity contribution in [2.45, 2.75) is 45.2 Å². The Labute approximate surface area is 232 Å². The van der Waals surface area contributed by atoms with Gasteiger partial charge in [0, 0.05) is 43.0 Å². The second-order valence-electron chi connectivity index (χ2n) is 10.5. The molecule has 212 valence electrons. The van der Waals surface area contributed by atoms with Gasteiger partial charge >= 0.3 is 6.01 Å². The molecule has 2 aliphatic rings. The molecule has 5 rings (SSSR count). The number of halogens is 2. The molecule has 4 heterocycles. The third kappa shape index (κ3) is 5.30. The van der Waals surface area contributed by atoms with Crippen LogP contribution in [0.5, 0.6) is 11.8 Å². The molecular weight excluding hydrogens is 518 g/mol. The van der Waals surface area contributed by atoms with Crippen molar-refractivity contribution in [3.63, 3.8) is 0 Å². The Morgan fingerprint density at radius 2 is 2.00 bits per heavy atom. The lowest BCUT2D eigenvalue weighted by Crippen LogP contribution is -2.55. The number of nitrogens with zero attached hydrogens (tertiary/aromatic N) is 6. The highest BCUT2D eigenvalue weighted by Gasteiger charge is 2.33. The first-order valence-electron chi connectivity index (χ1n) is 13.6. The molecule has 1 N–H and O–H groups in total. The van der Waals surface area contributed by atoms with Crippen LogP contribution in [0.1, 0.15) is 31.9 Å². The minimum Gasteiger partial charge on any atom is -0.507 e. The molecule has 1 aromatic carbocycles. The number of likely N-dealkylation sites (N-methyl/N-ethyl adjacent to an activating group) is 1. The van der Waals surface area contributed by atoms with Gasteiger partial charge in [0.05, 0.1) is 11.1 Å². The van der Waals surface area contributed by atoms with Crippen molar-refractivity contribution in [3.05, 3.63) is 48.2 Å². The van der Waals surface area contributed by atoms with Crippen LogP contribution in [0.4, 0.5) is 14.6 Å². The zero-order valence-electron chi connectivity index (χ0n) is 23.0. The molecule has 0 spiro atoms. The highest BCUT2D eigenvalue weighted by Crippen LogP contribution is 2.37. The van der Waals surface area contributed by atoms with Gasteiger partial charge in [-0.2, -0.15) is 9.97 Å². The van der Waals surface area contributed by atoms with Crippen molar-refractivity contribution < 1.29 is 23.4 Å². The van der Waals surface area contributed by atoms with Gasteiger partial charge in [0.1, 0.15) is 23.7 Å². The van der Waals surface area contributed by atoms with Crippen LogP contribution in [-0.4, -0.2) is 87.7 Å². The first kappa shape index (κ1) is 27.7. The molecule has 0 saturated carbocycles. The predicted molar refractivity (Wildman–Crippen MR) is 149 cm³/mol. The summed E-state index contributed by atoms with van der Waals surface area (Å²) in [5.41, 5.74) is 1.89. The van der Waals surface area contributed by atoms with E-state index in [0.717, 1.165) is 19.4 Å². The number of piperazine rings is 1. The van der Waals surface area contributed by atoms with Gasteiger partial charge < -0.3 is 24.5 Å². The summed E-state index contributed by atoms with van der Waals surface area (Å²) in [7, 11) is 2.06. The fourth-order valence-electron chi connectivity index (χ4n) is 5.61. The maximum absolute atomic E-state index is 14.8. The fourth-order valence-corrected chi connectivity index (χ4v) is 5.61. The Hall–Kier alpha value is -3.86. The quantitative estimate of drug-likeness (QED) is 0.436. The lowest BCUT2D eigenvalue weighted by atomic mass is 10.0. The normalized spacial score (nSPS) is 19.8. The number of ether oxygens (including phenoxy) is 1. The Morgan fingerprint density at radius 3 is 2.67 bits per heavy atom. The topological polar surface area (TPSA) is 94.9 Å². The van der Waals surface area contributed by atoms with Crippen LogP contribution in [0.2, 0.25) is 0 Å². The van der Waals surface area contributed by atoms with E-state index in [9.17, 15) is 18.7 Å². The summed E-state index contributed by atoms with van der Waals surface area (Å²) in [6.07, 6.45) is 2.72. The zero-order chi connectivity index (χ0) is 28.6. The second kappa shape index (κ2) is 11.3. The molecular formula is C29H34F2N6O3. The second-order valence-corrected chi connectivity index (χ2v) is 10.5. The summed E-state index contributed by atoms with van der Waals surface area (Å²) in [6, 6.07) is 6.01. The average Bonchev–Trinajstić information content (AvgIpc) is 3.35. The number of pyridine rings is 1. The number of phenols is 1. The third-order valence-electron chi connectivity index (χ3n) is 7.91. The van der Waals surface area contributed by atoms with Crippen molar-refractivity contribution in [2.24, 2.45) is 0 Å². The molecule has 2 atom stereocenters. The molecule has 9 nitrogen and oxygen atoms in total. The molecule has 0 radical (unpaired) electrons. The molecule has 40 heavy (non-hydrogen) atoms. The van der Waals surface area contributed by atoms with Crippen LogP contribution in [0.25, 0.3) is 22.2 Å². The molecule has 0 bridgehead atoms. The fraction of sp³-hybridized carbons (Fsp3) is 0.448. The minimum atomic E-state index is -0.979. The SMILES string of the molecule is C=C(F)C(=O)N1CCN(c2nc(OC[C@@H]3CCCN3C)nc3cc(-c4c(O)cccc4F)c(C)nc23)C[C@@H]1CC. The summed E-state index contributed by atoms with van der Waals surface area (Å²) in [6.45, 7) is 9.36. The first-order valence-corrected chi connectivity index (χ1v) is 13.6. The maximum atomic E-state index is 14.8. The van der Waals surface area contributed by atoms with Gasteiger partial charge in [0.25, 0.3) is 5.91 Å². The van der Waals surface area contributed by atoms with E-state index in [1.54, 1.807) is 13.0 Å². The largest absolute Gasteiger partial charge is 0.507 e. The number of anilines is 1. The lowest BCUT2D eigenvalue weighted by molar-refractivity contribution is -0.131. The van der Waals surface area contributed by atoms with Gasteiger partial charge in [-0.3, -0.25) is 4.79 Å². The lowest BCUT2D eigenvalue weighted by Gasteiger charge is -2.41. The molecule has 1 amide bonds. The number of aromatic nitrogens is 3. The van der Waals surface area contributed by atoms with Crippen molar-refractivity contribution >= 4 is 22.8 Å². The van der Waals surface area contributed by atoms with Crippen molar-refractivity contribution in [1.82, 2.24) is 24.8 Å². The van der Waals surface area contributed by atoms with Gasteiger partial charge in [-0.25, -0.2) is 13.8 Å². The van der Waals surface area contributed by atoms with Crippen LogP contribution in [0, 0.1) is 12.7 Å². The summed E-state index contributed by atoms with van der Waals surface area (Å²) < 4.78 is 34.6. The molecule has 2 fully saturated rings. The number of hydrogen-bond donors (Lipinski definition) is 1. The Morgan fingerprint density at radius 1 is 1.20 bits per heavy atom. The van der Waals surface area contributed by atoms with E-state index in [-0.39, 0.29) is 36.0 Å². The number of hydrogen-bond acceptors (Lipinski definition) is 8. The number of amides is 1. The minimum absolute atomic E-state index is 0.0502. The molecule has 3 aromatic rings. The van der Waals surface area contributed by atoms with Crippen molar-refractivity contribution in [2.75, 3.05) is 44.7 Å². The summed E-state index contributed by atoms with van der Waals surface area (Å²) in [4.78, 5) is 32.3. The molecule has 0 aliphatic carbocycles. The highest BCUT2D eigenvalue weighted by atomic mass is 19.1. The van der Waals surface area contributed by atoms with Gasteiger partial charge in [0.15, 0.2) is 11.6 Å². The Kier molecular flexibility index (Phi) is 7.84. The van der Waals surface area contributed by atoms with Crippen molar-refractivity contribution in [1.29, 1.82) is 0 Å². The summed E-state index contributed by atoms with van der Waals surface area (Å²) in [5.74, 6) is -1.92. The standard InChI is InChI=1S/C29H34F2N6O3/c1-5-19-15-36(12-13-37(19)28(39)17(2)30)27-26-23(33-29(34-27)40-16-20-8-7-11-35(20)4)14-21(18(3)32-26)25-22(31)9-6-10-24(25)38/h6,9-10,14,19-20,38H,2,5,7-8,11-13,15-16H2,1,3-4H3/t19-,20-/m0/s1. The van der Waals surface area contributed by atoms with E-state index < -0.39 is 17.6 Å². The number of carbonyl (C=O) groups excluding carboxylic acids is 1. The van der Waals surface area contributed by atoms with Gasteiger partial charge in [-0.05, 0) is 58.0 Å². The number of carbonyl (C=O) groups is 1. The molecule has 11 heteroatoms. The number of aryl methyl sites for hydroxylation is 1. The van der Waals surface area contributed by atoms with E-state index in [2.05, 4.69) is 23.5 Å². The van der Waals surface area contributed by atoms with Crippen LogP contribution >= 0.6 is 0 Å². The van der Waals surface area contributed by atoms with Crippen LogP contribution in [0.15, 0.2) is 36.7 Å². The van der Waals surface area contributed by atoms with Crippen molar-refractivity contribution in [3.8, 4) is 22.9 Å². The van der Waals surface area contributed by atoms with Gasteiger partial charge in [-0.1, -0.05) is 19.6 Å². The number of phenolic OH excluding ortho intramolecular Hbond substituents is 1. The van der Waals surface area contributed by atoms with Gasteiger partial charge in [0.2, 0.25) is 0 Å². The summed E-state index contributed by atoms with van der Waals surface area (Å²) >= 11 is 0. The molecule has 2 aliphatic heterocycles. The number of rotatable bonds is 7. The van der Waals surface area contributed by atoms with Crippen LogP contribution in [-0.2, 0) is 4.79 Å². The smallest absolute Gasteiger partial charge is 0.319 e. The van der Waals surface area contributed by atoms with E-state index in [1.165, 1.54) is 23.1 Å². The Balaban J connectivity index is 1.57. The van der Waals surface area contributed by atoms with Crippen LogP contribution < -0.4 is 9.64 Å². The average molecular weight is 553 g/mol. The highest BCUT2D eigenvalue weighted by molar-refractivity contribution is 5.92. The molecule has 0 unspecified atom stereocenters. The predicted octanol–water partition coefficient (Wildman–Crippen LogP) is 4.23. The van der Waals surface area contributed by atoms with E-state index in [1.807, 2.05) is 11.8 Å². The summed E-state index contributed by atoms with van der Waals surface area (Å²) in [5, 5.41) is 10.4. The Bertz CT molecular complexity index is 1430. The number of benzene rings is 1. The number of aromatic hydroxyl groups is 1. The maximum Gasteiger partial charge on any atom is 0.319 e.